The molecule has 0 aliphatic heterocycles. The molecular formula is C18H26N4S2. The smallest absolute Gasteiger partial charge is 0.193 e. The fraction of sp³-hybridized carbons (Fsp3) is 0.556. The minimum Gasteiger partial charge on any atom is -0.356 e. The highest BCUT2D eigenvalue weighted by molar-refractivity contribution is 7.11. The first kappa shape index (κ1) is 17.4. The average molecular weight is 363 g/mol. The number of guanidine groups is 1. The summed E-state index contributed by atoms with van der Waals surface area (Å²) in [7, 11) is 3.94. The van der Waals surface area contributed by atoms with Crippen molar-refractivity contribution in [3.63, 3.8) is 0 Å². The fourth-order valence-electron chi connectivity index (χ4n) is 3.05. The van der Waals surface area contributed by atoms with E-state index in [9.17, 15) is 0 Å². The summed E-state index contributed by atoms with van der Waals surface area (Å²) in [6.07, 6.45) is 4.97. The number of thiophene rings is 1. The molecule has 2 heterocycles. The van der Waals surface area contributed by atoms with Gasteiger partial charge in [0.25, 0.3) is 0 Å². The Labute approximate surface area is 152 Å². The van der Waals surface area contributed by atoms with Gasteiger partial charge < -0.3 is 10.2 Å². The summed E-state index contributed by atoms with van der Waals surface area (Å²) in [6, 6.07) is 4.31. The van der Waals surface area contributed by atoms with Crippen LogP contribution in [0.2, 0.25) is 0 Å². The normalized spacial score (nSPS) is 15.9. The van der Waals surface area contributed by atoms with E-state index in [4.69, 9.17) is 4.98 Å². The monoisotopic (exact) mass is 362 g/mol. The molecule has 24 heavy (non-hydrogen) atoms. The predicted octanol–water partition coefficient (Wildman–Crippen LogP) is 3.89. The van der Waals surface area contributed by atoms with Crippen LogP contribution in [0.5, 0.6) is 0 Å². The highest BCUT2D eigenvalue weighted by atomic mass is 32.1. The molecule has 0 aromatic carbocycles. The third-order valence-corrected chi connectivity index (χ3v) is 6.68. The van der Waals surface area contributed by atoms with Crippen LogP contribution in [-0.2, 0) is 19.4 Å². The van der Waals surface area contributed by atoms with Crippen LogP contribution in [0.25, 0.3) is 0 Å². The first-order valence-electron chi connectivity index (χ1n) is 8.60. The molecule has 0 bridgehead atoms. The highest BCUT2D eigenvalue weighted by Crippen LogP contribution is 2.27. The van der Waals surface area contributed by atoms with Gasteiger partial charge in [-0.3, -0.25) is 4.99 Å². The second kappa shape index (κ2) is 8.12. The molecule has 1 N–H and O–H groups in total. The molecule has 0 amide bonds. The Bertz CT molecular complexity index is 652. The molecule has 6 heteroatoms. The van der Waals surface area contributed by atoms with E-state index in [1.807, 2.05) is 29.7 Å². The number of aryl methyl sites for hydroxylation is 2. The predicted molar refractivity (Wildman–Crippen MR) is 104 cm³/mol. The number of fused-ring (bicyclic) bond motifs is 1. The minimum atomic E-state index is 0.488. The van der Waals surface area contributed by atoms with Crippen LogP contribution in [0.1, 0.15) is 46.1 Å². The maximum absolute atomic E-state index is 4.84. The first-order chi connectivity index (χ1) is 11.7. The Morgan fingerprint density at radius 3 is 2.96 bits per heavy atom. The summed E-state index contributed by atoms with van der Waals surface area (Å²) in [5.41, 5.74) is 1.34. The van der Waals surface area contributed by atoms with Crippen molar-refractivity contribution in [2.24, 2.45) is 4.99 Å². The van der Waals surface area contributed by atoms with Gasteiger partial charge >= 0.3 is 0 Å². The summed E-state index contributed by atoms with van der Waals surface area (Å²) >= 11 is 3.69. The van der Waals surface area contributed by atoms with Gasteiger partial charge in [-0.15, -0.1) is 22.7 Å². The molecule has 1 atom stereocenters. The number of hydrogen-bond donors (Lipinski definition) is 1. The van der Waals surface area contributed by atoms with Gasteiger partial charge in [-0.2, -0.15) is 0 Å². The lowest BCUT2D eigenvalue weighted by atomic mass is 10.0. The van der Waals surface area contributed by atoms with Gasteiger partial charge in [0.05, 0.1) is 12.2 Å². The molecule has 0 spiro atoms. The van der Waals surface area contributed by atoms with Crippen molar-refractivity contribution >= 4 is 28.6 Å². The third-order valence-electron chi connectivity index (χ3n) is 4.43. The zero-order chi connectivity index (χ0) is 16.9. The van der Waals surface area contributed by atoms with Crippen molar-refractivity contribution in [1.82, 2.24) is 15.2 Å². The van der Waals surface area contributed by atoms with Gasteiger partial charge in [0, 0.05) is 36.3 Å². The average Bonchev–Trinajstić information content (AvgIpc) is 3.24. The number of aromatic nitrogens is 1. The van der Waals surface area contributed by atoms with Crippen molar-refractivity contribution in [3.8, 4) is 0 Å². The largest absolute Gasteiger partial charge is 0.356 e. The van der Waals surface area contributed by atoms with E-state index in [0.29, 0.717) is 5.92 Å². The molecule has 1 unspecified atom stereocenters. The van der Waals surface area contributed by atoms with E-state index in [1.54, 1.807) is 0 Å². The lowest BCUT2D eigenvalue weighted by molar-refractivity contribution is 0.472. The van der Waals surface area contributed by atoms with E-state index in [0.717, 1.165) is 25.5 Å². The number of nitrogens with one attached hydrogen (secondary N) is 1. The van der Waals surface area contributed by atoms with E-state index < -0.39 is 0 Å². The van der Waals surface area contributed by atoms with Crippen molar-refractivity contribution < 1.29 is 0 Å². The van der Waals surface area contributed by atoms with Crippen molar-refractivity contribution in [2.75, 3.05) is 20.6 Å². The van der Waals surface area contributed by atoms with E-state index in [2.05, 4.69) is 46.7 Å². The third kappa shape index (κ3) is 4.16. The van der Waals surface area contributed by atoms with Crippen LogP contribution in [0.4, 0.5) is 0 Å². The van der Waals surface area contributed by atoms with Crippen LogP contribution in [0.15, 0.2) is 22.5 Å². The lowest BCUT2D eigenvalue weighted by Crippen LogP contribution is -2.39. The Balaban J connectivity index is 1.56. The second-order valence-corrected chi connectivity index (χ2v) is 8.53. The number of nitrogens with zero attached hydrogens (tertiary/aromatic N) is 3. The summed E-state index contributed by atoms with van der Waals surface area (Å²) in [5, 5.41) is 6.84. The highest BCUT2D eigenvalue weighted by Gasteiger charge is 2.17. The molecule has 0 saturated heterocycles. The first-order valence-corrected chi connectivity index (χ1v) is 10.3. The minimum absolute atomic E-state index is 0.488. The zero-order valence-electron chi connectivity index (χ0n) is 14.7. The van der Waals surface area contributed by atoms with Gasteiger partial charge in [-0.05, 0) is 37.1 Å². The summed E-state index contributed by atoms with van der Waals surface area (Å²) < 4.78 is 0. The van der Waals surface area contributed by atoms with Crippen LogP contribution in [0, 0.1) is 0 Å². The van der Waals surface area contributed by atoms with Gasteiger partial charge in [0.1, 0.15) is 5.01 Å². The van der Waals surface area contributed by atoms with E-state index in [-0.39, 0.29) is 0 Å². The number of hydrogen-bond acceptors (Lipinski definition) is 4. The zero-order valence-corrected chi connectivity index (χ0v) is 16.3. The topological polar surface area (TPSA) is 40.5 Å². The molecule has 0 radical (unpaired) electrons. The number of aliphatic imine (C=N–C) groups is 1. The molecule has 0 fully saturated rings. The molecule has 4 nitrogen and oxygen atoms in total. The van der Waals surface area contributed by atoms with E-state index >= 15 is 0 Å². The standard InChI is InChI=1S/C18H26N4S2/c1-13(15-9-6-10-23-15)11-20-18(19-2)22(3)12-17-21-14-7-4-5-8-16(14)24-17/h6,9-10,13H,4-5,7-8,11-12H2,1-3H3,(H,19,20). The molecule has 1 aliphatic rings. The molecular weight excluding hydrogens is 336 g/mol. The fourth-order valence-corrected chi connectivity index (χ4v) is 5.05. The Kier molecular flexibility index (Phi) is 5.89. The number of thiazole rings is 1. The number of rotatable bonds is 5. The van der Waals surface area contributed by atoms with E-state index in [1.165, 1.54) is 39.7 Å². The van der Waals surface area contributed by atoms with Gasteiger partial charge in [-0.25, -0.2) is 4.98 Å². The van der Waals surface area contributed by atoms with Crippen LogP contribution in [0.3, 0.4) is 0 Å². The molecule has 2 aromatic rings. The summed E-state index contributed by atoms with van der Waals surface area (Å²) in [6.45, 7) is 3.97. The molecule has 1 aliphatic carbocycles. The maximum atomic E-state index is 4.84. The van der Waals surface area contributed by atoms with Crippen LogP contribution < -0.4 is 5.32 Å². The van der Waals surface area contributed by atoms with Crippen LogP contribution >= 0.6 is 22.7 Å². The Morgan fingerprint density at radius 1 is 1.42 bits per heavy atom. The van der Waals surface area contributed by atoms with Crippen molar-refractivity contribution in [2.45, 2.75) is 45.1 Å². The molecule has 0 saturated carbocycles. The Hall–Kier alpha value is -1.40. The van der Waals surface area contributed by atoms with Crippen LogP contribution in [-0.4, -0.2) is 36.5 Å². The molecule has 130 valence electrons. The SMILES string of the molecule is CN=C(NCC(C)c1cccs1)N(C)Cc1nc2c(s1)CCCC2. The lowest BCUT2D eigenvalue weighted by Gasteiger charge is -2.22. The van der Waals surface area contributed by atoms with Crippen molar-refractivity contribution in [1.29, 1.82) is 0 Å². The molecule has 3 rings (SSSR count). The van der Waals surface area contributed by atoms with Gasteiger partial charge in [0.15, 0.2) is 5.96 Å². The van der Waals surface area contributed by atoms with Gasteiger partial charge in [-0.1, -0.05) is 13.0 Å². The van der Waals surface area contributed by atoms with Crippen molar-refractivity contribution in [3.05, 3.63) is 38.0 Å². The maximum Gasteiger partial charge on any atom is 0.193 e. The summed E-state index contributed by atoms with van der Waals surface area (Å²) in [5.74, 6) is 1.42. The summed E-state index contributed by atoms with van der Waals surface area (Å²) in [4.78, 5) is 14.4. The quantitative estimate of drug-likeness (QED) is 0.648. The second-order valence-electron chi connectivity index (χ2n) is 6.39. The molecule has 2 aromatic heterocycles. The van der Waals surface area contributed by atoms with Gasteiger partial charge in [0.2, 0.25) is 0 Å². The Morgan fingerprint density at radius 2 is 2.25 bits per heavy atom.